The predicted molar refractivity (Wildman–Crippen MR) is 38.3 cm³/mol. The molecule has 0 saturated heterocycles. The Bertz CT molecular complexity index is 352. The molecule has 12 heavy (non-hydrogen) atoms. The molecule has 0 saturated carbocycles. The SMILES string of the molecule is COc1nc(F)nc2c1N=C[NH2+]2. The Morgan fingerprint density at radius 3 is 3.08 bits per heavy atom. The van der Waals surface area contributed by atoms with Gasteiger partial charge in [0.2, 0.25) is 5.69 Å². The van der Waals surface area contributed by atoms with Crippen molar-refractivity contribution in [2.24, 2.45) is 4.99 Å². The average Bonchev–Trinajstić information content (AvgIpc) is 2.50. The summed E-state index contributed by atoms with van der Waals surface area (Å²) in [6.45, 7) is 0. The number of hydrogen-bond acceptors (Lipinski definition) is 4. The summed E-state index contributed by atoms with van der Waals surface area (Å²) in [6, 6.07) is 0. The van der Waals surface area contributed by atoms with Crippen molar-refractivity contribution in [3.63, 3.8) is 0 Å². The smallest absolute Gasteiger partial charge is 0.317 e. The maximum Gasteiger partial charge on any atom is 0.317 e. The van der Waals surface area contributed by atoms with Crippen molar-refractivity contribution in [3.8, 4) is 5.88 Å². The van der Waals surface area contributed by atoms with E-state index in [1.807, 2.05) is 0 Å². The highest BCUT2D eigenvalue weighted by molar-refractivity contribution is 5.71. The quantitative estimate of drug-likeness (QED) is 0.576. The van der Waals surface area contributed by atoms with Crippen molar-refractivity contribution < 1.29 is 14.4 Å². The average molecular weight is 169 g/mol. The maximum absolute atomic E-state index is 12.6. The topological polar surface area (TPSA) is 64.0 Å². The summed E-state index contributed by atoms with van der Waals surface area (Å²) in [7, 11) is 1.41. The Morgan fingerprint density at radius 1 is 1.50 bits per heavy atom. The van der Waals surface area contributed by atoms with Crippen LogP contribution in [0.5, 0.6) is 5.88 Å². The molecule has 1 aromatic heterocycles. The third kappa shape index (κ3) is 0.928. The molecule has 0 amide bonds. The van der Waals surface area contributed by atoms with Gasteiger partial charge in [0.05, 0.1) is 7.11 Å². The molecule has 5 nitrogen and oxygen atoms in total. The number of nitrogens with two attached hydrogens (primary N) is 1. The van der Waals surface area contributed by atoms with Crippen LogP contribution >= 0.6 is 0 Å². The number of rotatable bonds is 1. The van der Waals surface area contributed by atoms with Crippen molar-refractivity contribution >= 4 is 17.8 Å². The van der Waals surface area contributed by atoms with E-state index in [0.29, 0.717) is 11.5 Å². The predicted octanol–water partition coefficient (Wildman–Crippen LogP) is -0.507. The Balaban J connectivity index is 2.60. The fourth-order valence-electron chi connectivity index (χ4n) is 0.986. The van der Waals surface area contributed by atoms with Gasteiger partial charge in [0, 0.05) is 0 Å². The van der Waals surface area contributed by atoms with Crippen LogP contribution in [0.15, 0.2) is 4.99 Å². The van der Waals surface area contributed by atoms with Crippen LogP contribution in [0.2, 0.25) is 0 Å². The van der Waals surface area contributed by atoms with E-state index in [2.05, 4.69) is 15.0 Å². The van der Waals surface area contributed by atoms with Gasteiger partial charge < -0.3 is 4.74 Å². The molecule has 6 heteroatoms. The monoisotopic (exact) mass is 169 g/mol. The number of hydrogen-bond donors (Lipinski definition) is 1. The van der Waals surface area contributed by atoms with Gasteiger partial charge in [-0.2, -0.15) is 14.4 Å². The van der Waals surface area contributed by atoms with E-state index in [4.69, 9.17) is 4.74 Å². The first-order valence-corrected chi connectivity index (χ1v) is 3.30. The van der Waals surface area contributed by atoms with E-state index in [1.54, 1.807) is 5.32 Å². The number of fused-ring (bicyclic) bond motifs is 1. The fraction of sp³-hybridized carbons (Fsp3) is 0.167. The maximum atomic E-state index is 12.6. The molecule has 2 rings (SSSR count). The first-order valence-electron chi connectivity index (χ1n) is 3.30. The van der Waals surface area contributed by atoms with E-state index < -0.39 is 6.08 Å². The van der Waals surface area contributed by atoms with Crippen LogP contribution in [-0.2, 0) is 0 Å². The van der Waals surface area contributed by atoms with E-state index >= 15 is 0 Å². The van der Waals surface area contributed by atoms with Crippen LogP contribution < -0.4 is 10.1 Å². The molecule has 1 aromatic rings. The molecule has 2 N–H and O–H groups in total. The first-order chi connectivity index (χ1) is 5.81. The van der Waals surface area contributed by atoms with Crippen molar-refractivity contribution in [1.29, 1.82) is 0 Å². The van der Waals surface area contributed by atoms with Gasteiger partial charge >= 0.3 is 6.08 Å². The van der Waals surface area contributed by atoms with Crippen LogP contribution in [0.3, 0.4) is 0 Å². The molecule has 62 valence electrons. The van der Waals surface area contributed by atoms with Crippen LogP contribution in [0.25, 0.3) is 0 Å². The molecule has 1 aliphatic rings. The molecular weight excluding hydrogens is 163 g/mol. The van der Waals surface area contributed by atoms with E-state index in [-0.39, 0.29) is 5.88 Å². The third-order valence-corrected chi connectivity index (χ3v) is 1.48. The molecule has 2 heterocycles. The third-order valence-electron chi connectivity index (χ3n) is 1.48. The summed E-state index contributed by atoms with van der Waals surface area (Å²) >= 11 is 0. The number of aromatic nitrogens is 2. The Morgan fingerprint density at radius 2 is 2.33 bits per heavy atom. The van der Waals surface area contributed by atoms with Gasteiger partial charge in [0.15, 0.2) is 6.34 Å². The summed E-state index contributed by atoms with van der Waals surface area (Å²) in [5.41, 5.74) is 0.485. The molecular formula is C6H6FN4O+. The minimum absolute atomic E-state index is 0.169. The van der Waals surface area contributed by atoms with Crippen molar-refractivity contribution in [3.05, 3.63) is 6.08 Å². The van der Waals surface area contributed by atoms with Gasteiger partial charge in [-0.1, -0.05) is 0 Å². The van der Waals surface area contributed by atoms with E-state index in [1.165, 1.54) is 13.4 Å². The summed E-state index contributed by atoms with van der Waals surface area (Å²) in [5.74, 6) is 0.627. The molecule has 0 aromatic carbocycles. The number of methoxy groups -OCH3 is 1. The number of nitrogens with zero attached hydrogens (tertiary/aromatic N) is 3. The molecule has 0 atom stereocenters. The molecule has 0 radical (unpaired) electrons. The zero-order valence-corrected chi connectivity index (χ0v) is 6.28. The number of halogens is 1. The van der Waals surface area contributed by atoms with Gasteiger partial charge in [-0.3, -0.25) is 5.32 Å². The molecule has 0 unspecified atom stereocenters. The zero-order chi connectivity index (χ0) is 8.55. The Kier molecular flexibility index (Phi) is 1.47. The lowest BCUT2D eigenvalue weighted by molar-refractivity contribution is -0.432. The lowest BCUT2D eigenvalue weighted by Gasteiger charge is -1.99. The van der Waals surface area contributed by atoms with E-state index in [9.17, 15) is 4.39 Å². The summed E-state index contributed by atoms with van der Waals surface area (Å²) in [6.07, 6.45) is 0.730. The van der Waals surface area contributed by atoms with Crippen molar-refractivity contribution in [1.82, 2.24) is 9.97 Å². The second kappa shape index (κ2) is 2.49. The zero-order valence-electron chi connectivity index (χ0n) is 6.28. The molecule has 0 spiro atoms. The van der Waals surface area contributed by atoms with Crippen LogP contribution in [0.1, 0.15) is 0 Å². The van der Waals surface area contributed by atoms with Gasteiger partial charge in [-0.05, 0) is 0 Å². The van der Waals surface area contributed by atoms with E-state index in [0.717, 1.165) is 0 Å². The highest BCUT2D eigenvalue weighted by atomic mass is 19.1. The minimum atomic E-state index is -0.799. The second-order valence-corrected chi connectivity index (χ2v) is 2.18. The number of ether oxygens (including phenoxy) is 1. The lowest BCUT2D eigenvalue weighted by atomic mass is 10.5. The van der Waals surface area contributed by atoms with Crippen LogP contribution in [0, 0.1) is 6.08 Å². The summed E-state index contributed by atoms with van der Waals surface area (Å²) in [5, 5.41) is 1.60. The lowest BCUT2D eigenvalue weighted by Crippen LogP contribution is -2.75. The van der Waals surface area contributed by atoms with Crippen LogP contribution in [0.4, 0.5) is 15.9 Å². The number of aliphatic imine (C=N–C) groups is 1. The molecule has 0 fully saturated rings. The Hall–Kier alpha value is -1.56. The first kappa shape index (κ1) is 7.11. The Labute approximate surface area is 67.3 Å². The van der Waals surface area contributed by atoms with Gasteiger partial charge in [0.25, 0.3) is 11.7 Å². The molecule has 0 aliphatic carbocycles. The van der Waals surface area contributed by atoms with Gasteiger partial charge in [-0.25, -0.2) is 0 Å². The summed E-state index contributed by atoms with van der Waals surface area (Å²) < 4.78 is 17.4. The largest absolute Gasteiger partial charge is 0.479 e. The highest BCUT2D eigenvalue weighted by Crippen LogP contribution is 2.30. The van der Waals surface area contributed by atoms with Gasteiger partial charge in [0.1, 0.15) is 0 Å². The van der Waals surface area contributed by atoms with Gasteiger partial charge in [-0.15, -0.1) is 4.98 Å². The van der Waals surface area contributed by atoms with Crippen molar-refractivity contribution in [2.75, 3.05) is 7.11 Å². The molecule has 0 bridgehead atoms. The minimum Gasteiger partial charge on any atom is -0.479 e. The number of quaternary nitrogens is 1. The van der Waals surface area contributed by atoms with Crippen LogP contribution in [-0.4, -0.2) is 23.4 Å². The normalized spacial score (nSPS) is 13.2. The highest BCUT2D eigenvalue weighted by Gasteiger charge is 2.21. The molecule has 1 aliphatic heterocycles. The standard InChI is InChI=1S/C6H5FN4O/c1-12-5-3-4(9-2-8-3)10-6(7)11-5/h2H,1H3,(H,8,9,10,11)/p+1. The van der Waals surface area contributed by atoms with Crippen molar-refractivity contribution in [2.45, 2.75) is 0 Å². The second-order valence-electron chi connectivity index (χ2n) is 2.18. The fourth-order valence-corrected chi connectivity index (χ4v) is 0.986. The summed E-state index contributed by atoms with van der Waals surface area (Å²) in [4.78, 5) is 10.9.